The minimum absolute atomic E-state index is 0.0891. The zero-order valence-corrected chi connectivity index (χ0v) is 7.72. The third-order valence-corrected chi connectivity index (χ3v) is 1.70. The molecule has 2 nitrogen and oxygen atoms in total. The van der Waals surface area contributed by atoms with Crippen LogP contribution in [0.2, 0.25) is 11.3 Å². The molecular weight excluding hydrogens is 191 g/mol. The van der Waals surface area contributed by atoms with Crippen LogP contribution in [0.1, 0.15) is 0 Å². The van der Waals surface area contributed by atoms with Gasteiger partial charge in [0.2, 0.25) is 0 Å². The normalized spacial score (nSPS) is 9.77. The van der Waals surface area contributed by atoms with Crippen LogP contribution in [0.5, 0.6) is 5.75 Å². The number of nitrogens with two attached hydrogens (primary N) is 1. The summed E-state index contributed by atoms with van der Waals surface area (Å²) in [5.41, 5.74) is 5.24. The molecular formula is C8H9BClFNO. The van der Waals surface area contributed by atoms with Crippen LogP contribution in [0, 0.1) is 5.82 Å². The molecule has 69 valence electrons. The largest absolute Gasteiger partial charge is 0.563 e. The highest BCUT2D eigenvalue weighted by Crippen LogP contribution is 2.19. The average molecular weight is 200 g/mol. The van der Waals surface area contributed by atoms with Gasteiger partial charge < -0.3 is 10.4 Å². The molecule has 0 aromatic heterocycles. The van der Waals surface area contributed by atoms with E-state index >= 15 is 0 Å². The molecule has 0 saturated carbocycles. The Morgan fingerprint density at radius 1 is 1.54 bits per heavy atom. The lowest BCUT2D eigenvalue weighted by molar-refractivity contribution is 0.571. The highest BCUT2D eigenvalue weighted by atomic mass is 35.5. The second-order valence-corrected chi connectivity index (χ2v) is 2.84. The lowest BCUT2D eigenvalue weighted by atomic mass is 9.96. The van der Waals surface area contributed by atoms with E-state index in [1.54, 1.807) is 6.07 Å². The molecule has 0 fully saturated rings. The van der Waals surface area contributed by atoms with Crippen LogP contribution in [0.4, 0.5) is 4.39 Å². The van der Waals surface area contributed by atoms with E-state index in [4.69, 9.17) is 22.0 Å². The van der Waals surface area contributed by atoms with Gasteiger partial charge in [0.15, 0.2) is 0 Å². The number of benzene rings is 1. The Morgan fingerprint density at radius 2 is 2.31 bits per heavy atom. The Kier molecular flexibility index (Phi) is 4.05. The first-order valence-corrected chi connectivity index (χ1v) is 4.25. The van der Waals surface area contributed by atoms with Gasteiger partial charge in [-0.05, 0) is 25.0 Å². The van der Waals surface area contributed by atoms with Gasteiger partial charge in [-0.3, -0.25) is 0 Å². The number of hydrogen-bond donors (Lipinski definition) is 1. The van der Waals surface area contributed by atoms with E-state index in [0.717, 1.165) is 0 Å². The fourth-order valence-electron chi connectivity index (χ4n) is 0.773. The Balaban J connectivity index is 2.53. The maximum absolute atomic E-state index is 12.8. The van der Waals surface area contributed by atoms with Crippen molar-refractivity contribution in [2.75, 3.05) is 6.54 Å². The van der Waals surface area contributed by atoms with Crippen molar-refractivity contribution >= 4 is 19.1 Å². The molecule has 0 aliphatic heterocycles. The molecule has 0 unspecified atom stereocenters. The second kappa shape index (κ2) is 5.09. The van der Waals surface area contributed by atoms with E-state index in [1.165, 1.54) is 19.6 Å². The first kappa shape index (κ1) is 10.3. The number of rotatable bonds is 4. The molecule has 0 aliphatic rings. The Hall–Kier alpha value is -0.735. The van der Waals surface area contributed by atoms with Crippen LogP contribution in [0.15, 0.2) is 18.2 Å². The zero-order chi connectivity index (χ0) is 9.68. The van der Waals surface area contributed by atoms with Gasteiger partial charge in [0.05, 0.1) is 5.02 Å². The van der Waals surface area contributed by atoms with E-state index in [-0.39, 0.29) is 5.02 Å². The molecule has 0 amide bonds. The fourth-order valence-corrected chi connectivity index (χ4v) is 0.891. The van der Waals surface area contributed by atoms with Crippen LogP contribution in [-0.4, -0.2) is 14.0 Å². The first-order valence-electron chi connectivity index (χ1n) is 3.87. The summed E-state index contributed by atoms with van der Waals surface area (Å²) in [5.74, 6) is -0.0596. The predicted molar refractivity (Wildman–Crippen MR) is 51.7 cm³/mol. The molecule has 5 heteroatoms. The van der Waals surface area contributed by atoms with Crippen molar-refractivity contribution in [1.82, 2.24) is 0 Å². The van der Waals surface area contributed by atoms with E-state index in [2.05, 4.69) is 0 Å². The molecule has 0 atom stereocenters. The standard InChI is InChI=1S/C8H9BClFNO/c10-7-2-1-6(5-8(7)11)13-9-3-4-12/h1-2,5H,3-4,12H2. The van der Waals surface area contributed by atoms with Crippen LogP contribution in [-0.2, 0) is 0 Å². The van der Waals surface area contributed by atoms with Crippen molar-refractivity contribution < 1.29 is 9.04 Å². The van der Waals surface area contributed by atoms with Crippen molar-refractivity contribution in [3.8, 4) is 5.75 Å². The van der Waals surface area contributed by atoms with E-state index in [0.29, 0.717) is 18.6 Å². The lowest BCUT2D eigenvalue weighted by Gasteiger charge is -2.04. The molecule has 0 saturated heterocycles. The van der Waals surface area contributed by atoms with E-state index in [9.17, 15) is 4.39 Å². The van der Waals surface area contributed by atoms with Crippen LogP contribution >= 0.6 is 11.6 Å². The molecule has 2 N–H and O–H groups in total. The first-order chi connectivity index (χ1) is 6.24. The Labute approximate surface area is 82.1 Å². The van der Waals surface area contributed by atoms with Crippen LogP contribution < -0.4 is 10.4 Å². The quantitative estimate of drug-likeness (QED) is 0.595. The third kappa shape index (κ3) is 3.24. The summed E-state index contributed by atoms with van der Waals surface area (Å²) >= 11 is 5.48. The van der Waals surface area contributed by atoms with Gasteiger partial charge in [0.25, 0.3) is 0 Å². The molecule has 1 aromatic carbocycles. The van der Waals surface area contributed by atoms with Crippen LogP contribution in [0.25, 0.3) is 0 Å². The third-order valence-electron chi connectivity index (χ3n) is 1.39. The van der Waals surface area contributed by atoms with Crippen molar-refractivity contribution in [3.63, 3.8) is 0 Å². The molecule has 1 radical (unpaired) electrons. The predicted octanol–water partition coefficient (Wildman–Crippen LogP) is 1.85. The SMILES string of the molecule is NCC[B]Oc1ccc(Cl)c(F)c1. The van der Waals surface area contributed by atoms with Gasteiger partial charge >= 0.3 is 7.48 Å². The average Bonchev–Trinajstić information content (AvgIpc) is 2.12. The molecule has 0 heterocycles. The van der Waals surface area contributed by atoms with Gasteiger partial charge in [-0.15, -0.1) is 0 Å². The van der Waals surface area contributed by atoms with Gasteiger partial charge in [0, 0.05) is 6.07 Å². The van der Waals surface area contributed by atoms with Gasteiger partial charge in [-0.1, -0.05) is 11.6 Å². The zero-order valence-electron chi connectivity index (χ0n) is 6.97. The van der Waals surface area contributed by atoms with Gasteiger partial charge in [0.1, 0.15) is 11.6 Å². The van der Waals surface area contributed by atoms with Crippen molar-refractivity contribution in [1.29, 1.82) is 0 Å². The van der Waals surface area contributed by atoms with Gasteiger partial charge in [-0.25, -0.2) is 4.39 Å². The molecule has 0 aliphatic carbocycles. The minimum atomic E-state index is -0.486. The topological polar surface area (TPSA) is 35.2 Å². The Bertz CT molecular complexity index is 285. The summed E-state index contributed by atoms with van der Waals surface area (Å²) in [7, 11) is 1.53. The molecule has 1 aromatic rings. The highest BCUT2D eigenvalue weighted by molar-refractivity contribution is 6.31. The summed E-state index contributed by atoms with van der Waals surface area (Å²) in [6.45, 7) is 0.510. The Morgan fingerprint density at radius 3 is 2.92 bits per heavy atom. The summed E-state index contributed by atoms with van der Waals surface area (Å²) in [4.78, 5) is 0. The highest BCUT2D eigenvalue weighted by Gasteiger charge is 2.01. The maximum Gasteiger partial charge on any atom is 0.371 e. The number of hydrogen-bond acceptors (Lipinski definition) is 2. The molecule has 0 spiro atoms. The van der Waals surface area contributed by atoms with Crippen LogP contribution in [0.3, 0.4) is 0 Å². The maximum atomic E-state index is 12.8. The fraction of sp³-hybridized carbons (Fsp3) is 0.250. The minimum Gasteiger partial charge on any atom is -0.563 e. The number of halogens is 2. The lowest BCUT2D eigenvalue weighted by Crippen LogP contribution is -2.08. The summed E-state index contributed by atoms with van der Waals surface area (Å²) in [5, 5.41) is 0.0891. The monoisotopic (exact) mass is 200 g/mol. The molecule has 13 heavy (non-hydrogen) atoms. The van der Waals surface area contributed by atoms with Crippen molar-refractivity contribution in [2.45, 2.75) is 6.32 Å². The van der Waals surface area contributed by atoms with E-state index < -0.39 is 5.82 Å². The molecule has 0 bridgehead atoms. The van der Waals surface area contributed by atoms with E-state index in [1.807, 2.05) is 0 Å². The van der Waals surface area contributed by atoms with Crippen molar-refractivity contribution in [3.05, 3.63) is 29.0 Å². The second-order valence-electron chi connectivity index (χ2n) is 2.44. The summed E-state index contributed by atoms with van der Waals surface area (Å²) in [6, 6.07) is 4.27. The summed E-state index contributed by atoms with van der Waals surface area (Å²) in [6.07, 6.45) is 0.629. The summed E-state index contributed by atoms with van der Waals surface area (Å²) < 4.78 is 17.9. The van der Waals surface area contributed by atoms with Crippen molar-refractivity contribution in [2.24, 2.45) is 5.73 Å². The van der Waals surface area contributed by atoms with Gasteiger partial charge in [-0.2, -0.15) is 0 Å². The molecule has 1 rings (SSSR count). The smallest absolute Gasteiger partial charge is 0.371 e.